The molecule has 0 aliphatic carbocycles. The zero-order valence-corrected chi connectivity index (χ0v) is 13.0. The quantitative estimate of drug-likeness (QED) is 0.634. The number of halogens is 2. The van der Waals surface area contributed by atoms with Crippen molar-refractivity contribution in [1.82, 2.24) is 0 Å². The van der Waals surface area contributed by atoms with Gasteiger partial charge in [0.05, 0.1) is 13.7 Å². The molecule has 1 N–H and O–H groups in total. The number of methoxy groups -OCH3 is 1. The average Bonchev–Trinajstić information content (AvgIpc) is 2.85. The first kappa shape index (κ1) is 14.2. The predicted octanol–water partition coefficient (Wildman–Crippen LogP) is 3.94. The summed E-state index contributed by atoms with van der Waals surface area (Å²) < 4.78 is 11.0. The first-order valence-corrected chi connectivity index (χ1v) is 6.92. The molecule has 1 aromatic carbocycles. The van der Waals surface area contributed by atoms with Gasteiger partial charge in [0.15, 0.2) is 0 Å². The number of carbonyl (C=O) groups excluding carboxylic acids is 1. The summed E-state index contributed by atoms with van der Waals surface area (Å²) >= 11 is 8.08. The highest BCUT2D eigenvalue weighted by Crippen LogP contribution is 2.23. The largest absolute Gasteiger partial charge is 0.463 e. The highest BCUT2D eigenvalue weighted by Gasteiger charge is 2.11. The molecule has 0 aliphatic heterocycles. The lowest BCUT2D eigenvalue weighted by atomic mass is 10.3. The van der Waals surface area contributed by atoms with E-state index < -0.39 is 5.97 Å². The summed E-state index contributed by atoms with van der Waals surface area (Å²) in [5.74, 6) is 0.378. The molecule has 6 heteroatoms. The molecule has 0 saturated carbocycles. The molecule has 0 amide bonds. The Hall–Kier alpha value is -1.21. The summed E-state index contributed by atoms with van der Waals surface area (Å²) in [7, 11) is 1.32. The number of furan rings is 1. The number of nitrogens with one attached hydrogen (secondary N) is 1. The zero-order valence-electron chi connectivity index (χ0n) is 10.1. The van der Waals surface area contributed by atoms with Crippen LogP contribution in [0.25, 0.3) is 0 Å². The van der Waals surface area contributed by atoms with Crippen molar-refractivity contribution < 1.29 is 13.9 Å². The van der Waals surface area contributed by atoms with Crippen LogP contribution < -0.4 is 5.32 Å². The molecule has 0 radical (unpaired) electrons. The van der Waals surface area contributed by atoms with Gasteiger partial charge < -0.3 is 14.5 Å². The topological polar surface area (TPSA) is 51.5 Å². The van der Waals surface area contributed by atoms with Gasteiger partial charge >= 0.3 is 5.97 Å². The molecule has 1 heterocycles. The fourth-order valence-electron chi connectivity index (χ4n) is 1.50. The van der Waals surface area contributed by atoms with Crippen molar-refractivity contribution >= 4 is 45.8 Å². The van der Waals surface area contributed by atoms with Gasteiger partial charge in [-0.15, -0.1) is 0 Å². The molecular weight excluding hydrogens is 381 g/mol. The molecule has 0 aliphatic rings. The van der Waals surface area contributed by atoms with Gasteiger partial charge in [-0.3, -0.25) is 0 Å². The molecule has 0 unspecified atom stereocenters. The molecule has 19 heavy (non-hydrogen) atoms. The van der Waals surface area contributed by atoms with Gasteiger partial charge in [0.2, 0.25) is 5.76 Å². The summed E-state index contributed by atoms with van der Waals surface area (Å²) in [6, 6.07) is 8.91. The second-order valence-electron chi connectivity index (χ2n) is 3.74. The maximum absolute atomic E-state index is 11.2. The molecule has 100 valence electrons. The summed E-state index contributed by atoms with van der Waals surface area (Å²) in [6.07, 6.45) is 0. The number of benzene rings is 1. The van der Waals surface area contributed by atoms with Crippen LogP contribution in [0.2, 0.25) is 5.02 Å². The van der Waals surface area contributed by atoms with Gasteiger partial charge in [-0.05, 0) is 52.9 Å². The third kappa shape index (κ3) is 3.63. The molecule has 0 spiro atoms. The second kappa shape index (κ2) is 6.29. The number of esters is 1. The van der Waals surface area contributed by atoms with Crippen LogP contribution in [0.5, 0.6) is 0 Å². The zero-order chi connectivity index (χ0) is 13.8. The number of anilines is 1. The van der Waals surface area contributed by atoms with E-state index in [1.165, 1.54) is 7.11 Å². The standard InChI is InChI=1S/C13H11ClINO3/c1-18-13(17)12-5-3-9(19-12)7-16-11-4-2-8(14)6-10(11)15/h2-6,16H,7H2,1H3. The summed E-state index contributed by atoms with van der Waals surface area (Å²) in [5, 5.41) is 3.91. The van der Waals surface area contributed by atoms with Gasteiger partial charge in [-0.1, -0.05) is 11.6 Å². The van der Waals surface area contributed by atoms with E-state index in [1.54, 1.807) is 12.1 Å². The molecule has 4 nitrogen and oxygen atoms in total. The fraction of sp³-hybridized carbons (Fsp3) is 0.154. The van der Waals surface area contributed by atoms with Crippen LogP contribution in [0.4, 0.5) is 5.69 Å². The first-order chi connectivity index (χ1) is 9.10. The summed E-state index contributed by atoms with van der Waals surface area (Å²) in [4.78, 5) is 11.2. The lowest BCUT2D eigenvalue weighted by Gasteiger charge is -2.07. The Morgan fingerprint density at radius 3 is 2.89 bits per heavy atom. The van der Waals surface area contributed by atoms with Crippen LogP contribution in [-0.2, 0) is 11.3 Å². The van der Waals surface area contributed by atoms with Crippen molar-refractivity contribution in [2.75, 3.05) is 12.4 Å². The third-order valence-electron chi connectivity index (χ3n) is 2.43. The molecule has 0 bridgehead atoms. The maximum atomic E-state index is 11.2. The number of carbonyl (C=O) groups is 1. The lowest BCUT2D eigenvalue weighted by molar-refractivity contribution is 0.0563. The van der Waals surface area contributed by atoms with Crippen LogP contribution in [0, 0.1) is 3.57 Å². The van der Waals surface area contributed by atoms with Gasteiger partial charge in [0.1, 0.15) is 5.76 Å². The number of ether oxygens (including phenoxy) is 1. The average molecular weight is 392 g/mol. The van der Waals surface area contributed by atoms with Gasteiger partial charge in [0, 0.05) is 14.3 Å². The minimum Gasteiger partial charge on any atom is -0.463 e. The minimum atomic E-state index is -0.479. The van der Waals surface area contributed by atoms with E-state index in [0.29, 0.717) is 17.3 Å². The van der Waals surface area contributed by atoms with Crippen LogP contribution in [0.15, 0.2) is 34.7 Å². The highest BCUT2D eigenvalue weighted by molar-refractivity contribution is 14.1. The number of hydrogen-bond acceptors (Lipinski definition) is 4. The van der Waals surface area contributed by atoms with Crippen molar-refractivity contribution in [1.29, 1.82) is 0 Å². The van der Waals surface area contributed by atoms with Crippen LogP contribution >= 0.6 is 34.2 Å². The van der Waals surface area contributed by atoms with E-state index in [9.17, 15) is 4.79 Å². The maximum Gasteiger partial charge on any atom is 0.373 e. The van der Waals surface area contributed by atoms with E-state index in [2.05, 4.69) is 32.6 Å². The van der Waals surface area contributed by atoms with Crippen LogP contribution in [0.1, 0.15) is 16.3 Å². The van der Waals surface area contributed by atoms with Crippen molar-refractivity contribution in [3.8, 4) is 0 Å². The van der Waals surface area contributed by atoms with E-state index >= 15 is 0 Å². The van der Waals surface area contributed by atoms with E-state index in [1.807, 2.05) is 18.2 Å². The Kier molecular flexibility index (Phi) is 4.71. The predicted molar refractivity (Wildman–Crippen MR) is 81.5 cm³/mol. The second-order valence-corrected chi connectivity index (χ2v) is 5.33. The molecule has 2 aromatic rings. The molecule has 1 aromatic heterocycles. The Bertz CT molecular complexity index is 597. The molecule has 2 rings (SSSR count). The monoisotopic (exact) mass is 391 g/mol. The SMILES string of the molecule is COC(=O)c1ccc(CNc2ccc(Cl)cc2I)o1. The van der Waals surface area contributed by atoms with Crippen molar-refractivity contribution in [3.05, 3.63) is 50.4 Å². The summed E-state index contributed by atoms with van der Waals surface area (Å²) in [5.41, 5.74) is 0.959. The number of hydrogen-bond donors (Lipinski definition) is 1. The van der Waals surface area contributed by atoms with Crippen molar-refractivity contribution in [3.63, 3.8) is 0 Å². The van der Waals surface area contributed by atoms with Crippen LogP contribution in [0.3, 0.4) is 0 Å². The summed E-state index contributed by atoms with van der Waals surface area (Å²) in [6.45, 7) is 0.481. The normalized spacial score (nSPS) is 10.3. The Labute approximate surface area is 129 Å². The van der Waals surface area contributed by atoms with E-state index in [0.717, 1.165) is 9.26 Å². The molecule has 0 fully saturated rings. The smallest absolute Gasteiger partial charge is 0.373 e. The first-order valence-electron chi connectivity index (χ1n) is 5.46. The molecule has 0 saturated heterocycles. The van der Waals surface area contributed by atoms with E-state index in [-0.39, 0.29) is 5.76 Å². The Morgan fingerprint density at radius 1 is 1.42 bits per heavy atom. The Balaban J connectivity index is 2.02. The lowest BCUT2D eigenvalue weighted by Crippen LogP contribution is -2.01. The van der Waals surface area contributed by atoms with Crippen LogP contribution in [-0.4, -0.2) is 13.1 Å². The van der Waals surface area contributed by atoms with Crippen molar-refractivity contribution in [2.24, 2.45) is 0 Å². The van der Waals surface area contributed by atoms with Gasteiger partial charge in [-0.25, -0.2) is 4.79 Å². The van der Waals surface area contributed by atoms with E-state index in [4.69, 9.17) is 16.0 Å². The minimum absolute atomic E-state index is 0.199. The third-order valence-corrected chi connectivity index (χ3v) is 3.56. The Morgan fingerprint density at radius 2 is 2.21 bits per heavy atom. The van der Waals surface area contributed by atoms with Gasteiger partial charge in [0.25, 0.3) is 0 Å². The van der Waals surface area contributed by atoms with Gasteiger partial charge in [-0.2, -0.15) is 0 Å². The fourth-order valence-corrected chi connectivity index (χ4v) is 2.56. The molecular formula is C13H11ClINO3. The molecule has 0 atom stereocenters. The number of rotatable bonds is 4. The van der Waals surface area contributed by atoms with Crippen molar-refractivity contribution in [2.45, 2.75) is 6.54 Å². The highest BCUT2D eigenvalue weighted by atomic mass is 127.